The molecule has 24 heavy (non-hydrogen) atoms. The summed E-state index contributed by atoms with van der Waals surface area (Å²) in [4.78, 5) is 16.2. The molecular weight excluding hydrogens is 310 g/mol. The predicted octanol–water partition coefficient (Wildman–Crippen LogP) is 3.35. The zero-order valence-corrected chi connectivity index (χ0v) is 13.5. The van der Waals surface area contributed by atoms with Gasteiger partial charge in [0.15, 0.2) is 11.5 Å². The number of ether oxygens (including phenoxy) is 2. The van der Waals surface area contributed by atoms with E-state index in [1.54, 1.807) is 56.7 Å². The monoisotopic (exact) mass is 329 g/mol. The predicted molar refractivity (Wildman–Crippen MR) is 91.1 cm³/mol. The molecule has 0 atom stereocenters. The zero-order valence-electron chi connectivity index (χ0n) is 13.5. The lowest BCUT2D eigenvalue weighted by molar-refractivity contribution is -0.252. The van der Waals surface area contributed by atoms with Crippen molar-refractivity contribution < 1.29 is 24.4 Å². The second kappa shape index (κ2) is 8.71. The van der Waals surface area contributed by atoms with Crippen molar-refractivity contribution in [1.29, 1.82) is 0 Å². The number of nitrogens with one attached hydrogen (secondary N) is 1. The molecule has 2 N–H and O–H groups in total. The largest absolute Gasteiger partial charge is 0.493 e. The summed E-state index contributed by atoms with van der Waals surface area (Å²) in [6.07, 6.45) is 3.08. The number of benzene rings is 2. The standard InChI is InChI=1S/C18H19NO5/c1-22-16-9-7-13(11-17(16)23-2)8-10-18(20)19-15-6-4-3-5-14(15)12-24-21/h3-11,21H,12H2,1-2H3,(H,19,20)/b10-8-. The first kappa shape index (κ1) is 17.5. The van der Waals surface area contributed by atoms with Gasteiger partial charge in [0.25, 0.3) is 0 Å². The van der Waals surface area contributed by atoms with Crippen molar-refractivity contribution in [1.82, 2.24) is 0 Å². The molecule has 2 rings (SSSR count). The van der Waals surface area contributed by atoms with Crippen LogP contribution in [0.25, 0.3) is 6.08 Å². The van der Waals surface area contributed by atoms with Crippen molar-refractivity contribution >= 4 is 17.7 Å². The van der Waals surface area contributed by atoms with Gasteiger partial charge in [0.2, 0.25) is 5.91 Å². The van der Waals surface area contributed by atoms with Crippen molar-refractivity contribution in [3.05, 3.63) is 59.7 Å². The number of amides is 1. The van der Waals surface area contributed by atoms with Gasteiger partial charge in [0, 0.05) is 17.3 Å². The molecule has 0 saturated carbocycles. The molecule has 2 aromatic carbocycles. The van der Waals surface area contributed by atoms with Crippen LogP contribution in [0.15, 0.2) is 48.5 Å². The number of carbonyl (C=O) groups is 1. The molecule has 0 heterocycles. The minimum Gasteiger partial charge on any atom is -0.493 e. The molecule has 0 aliphatic rings. The van der Waals surface area contributed by atoms with Crippen LogP contribution in [-0.4, -0.2) is 25.4 Å². The minimum absolute atomic E-state index is 0.00412. The van der Waals surface area contributed by atoms with Gasteiger partial charge in [-0.25, -0.2) is 4.89 Å². The van der Waals surface area contributed by atoms with E-state index in [2.05, 4.69) is 10.2 Å². The number of methoxy groups -OCH3 is 2. The fraction of sp³-hybridized carbons (Fsp3) is 0.167. The van der Waals surface area contributed by atoms with Gasteiger partial charge in [-0.1, -0.05) is 24.3 Å². The first-order valence-electron chi connectivity index (χ1n) is 7.23. The van der Waals surface area contributed by atoms with E-state index in [1.807, 2.05) is 6.07 Å². The molecule has 0 radical (unpaired) electrons. The zero-order chi connectivity index (χ0) is 17.4. The molecule has 0 spiro atoms. The average molecular weight is 329 g/mol. The second-order valence-corrected chi connectivity index (χ2v) is 4.87. The fourth-order valence-electron chi connectivity index (χ4n) is 2.14. The van der Waals surface area contributed by atoms with Gasteiger partial charge in [-0.15, -0.1) is 0 Å². The molecule has 0 aliphatic heterocycles. The van der Waals surface area contributed by atoms with Gasteiger partial charge in [-0.2, -0.15) is 0 Å². The van der Waals surface area contributed by atoms with Crippen LogP contribution in [0.4, 0.5) is 5.69 Å². The van der Waals surface area contributed by atoms with Gasteiger partial charge < -0.3 is 14.8 Å². The quantitative estimate of drug-likeness (QED) is 0.463. The van der Waals surface area contributed by atoms with Crippen LogP contribution in [0.1, 0.15) is 11.1 Å². The van der Waals surface area contributed by atoms with E-state index in [-0.39, 0.29) is 12.5 Å². The average Bonchev–Trinajstić information content (AvgIpc) is 2.61. The van der Waals surface area contributed by atoms with Crippen molar-refractivity contribution in [3.63, 3.8) is 0 Å². The van der Waals surface area contributed by atoms with E-state index < -0.39 is 0 Å². The summed E-state index contributed by atoms with van der Waals surface area (Å²) in [7, 11) is 3.12. The minimum atomic E-state index is -0.296. The number of para-hydroxylation sites is 1. The summed E-state index contributed by atoms with van der Waals surface area (Å²) in [5.41, 5.74) is 2.05. The molecule has 0 saturated heterocycles. The molecule has 0 aromatic heterocycles. The van der Waals surface area contributed by atoms with Crippen LogP contribution in [-0.2, 0) is 16.3 Å². The van der Waals surface area contributed by atoms with E-state index in [9.17, 15) is 4.79 Å². The second-order valence-electron chi connectivity index (χ2n) is 4.87. The molecule has 0 fully saturated rings. The molecule has 6 heteroatoms. The van der Waals surface area contributed by atoms with Gasteiger partial charge in [0.1, 0.15) is 6.61 Å². The Morgan fingerprint density at radius 1 is 1.12 bits per heavy atom. The number of hydrogen-bond acceptors (Lipinski definition) is 5. The Kier molecular flexibility index (Phi) is 6.36. The summed E-state index contributed by atoms with van der Waals surface area (Å²) in [6, 6.07) is 12.4. The molecular formula is C18H19NO5. The highest BCUT2D eigenvalue weighted by Crippen LogP contribution is 2.28. The highest BCUT2D eigenvalue weighted by molar-refractivity contribution is 6.02. The molecule has 126 valence electrons. The van der Waals surface area contributed by atoms with Gasteiger partial charge in [0.05, 0.1) is 14.2 Å². The summed E-state index contributed by atoms with van der Waals surface area (Å²) in [5, 5.41) is 11.3. The summed E-state index contributed by atoms with van der Waals surface area (Å²) in [5.74, 6) is 0.915. The Balaban J connectivity index is 2.08. The van der Waals surface area contributed by atoms with E-state index in [0.717, 1.165) is 5.56 Å². The first-order chi connectivity index (χ1) is 11.7. The summed E-state index contributed by atoms with van der Waals surface area (Å²) >= 11 is 0. The first-order valence-corrected chi connectivity index (χ1v) is 7.23. The summed E-state index contributed by atoms with van der Waals surface area (Å²) in [6.45, 7) is -0.00412. The number of hydrogen-bond donors (Lipinski definition) is 2. The maximum Gasteiger partial charge on any atom is 0.248 e. The lowest BCUT2D eigenvalue weighted by Gasteiger charge is -2.08. The van der Waals surface area contributed by atoms with Gasteiger partial charge >= 0.3 is 0 Å². The van der Waals surface area contributed by atoms with E-state index in [1.165, 1.54) is 6.08 Å². The van der Waals surface area contributed by atoms with Crippen molar-refractivity contribution in [2.24, 2.45) is 0 Å². The lowest BCUT2D eigenvalue weighted by Crippen LogP contribution is -2.10. The van der Waals surface area contributed by atoms with Crippen LogP contribution in [0.2, 0.25) is 0 Å². The molecule has 0 bridgehead atoms. The van der Waals surface area contributed by atoms with Crippen LogP contribution in [0.3, 0.4) is 0 Å². The van der Waals surface area contributed by atoms with Crippen LogP contribution in [0, 0.1) is 0 Å². The van der Waals surface area contributed by atoms with Gasteiger partial charge in [-0.05, 0) is 29.8 Å². The highest BCUT2D eigenvalue weighted by atomic mass is 17.1. The molecule has 0 unspecified atom stereocenters. The van der Waals surface area contributed by atoms with E-state index in [0.29, 0.717) is 22.7 Å². The summed E-state index contributed by atoms with van der Waals surface area (Å²) < 4.78 is 10.4. The van der Waals surface area contributed by atoms with Crippen molar-refractivity contribution in [2.45, 2.75) is 6.61 Å². The SMILES string of the molecule is COc1ccc(/C=C\C(=O)Nc2ccccc2COO)cc1OC. The third-order valence-corrected chi connectivity index (χ3v) is 3.33. The maximum atomic E-state index is 12.1. The topological polar surface area (TPSA) is 77.0 Å². The van der Waals surface area contributed by atoms with E-state index >= 15 is 0 Å². The molecule has 0 aliphatic carbocycles. The van der Waals surface area contributed by atoms with Crippen LogP contribution >= 0.6 is 0 Å². The molecule has 6 nitrogen and oxygen atoms in total. The number of rotatable bonds is 7. The Bertz CT molecular complexity index is 727. The van der Waals surface area contributed by atoms with E-state index in [4.69, 9.17) is 14.7 Å². The number of anilines is 1. The molecule has 2 aromatic rings. The Labute approximate surface area is 140 Å². The lowest BCUT2D eigenvalue weighted by atomic mass is 10.1. The Morgan fingerprint density at radius 3 is 2.58 bits per heavy atom. The Morgan fingerprint density at radius 2 is 1.88 bits per heavy atom. The van der Waals surface area contributed by atoms with Crippen molar-refractivity contribution in [3.8, 4) is 11.5 Å². The van der Waals surface area contributed by atoms with Gasteiger partial charge in [-0.3, -0.25) is 10.1 Å². The molecule has 1 amide bonds. The number of carbonyl (C=O) groups excluding carboxylic acids is 1. The third kappa shape index (κ3) is 4.58. The Hall–Kier alpha value is -2.83. The highest BCUT2D eigenvalue weighted by Gasteiger charge is 2.05. The maximum absolute atomic E-state index is 12.1. The fourth-order valence-corrected chi connectivity index (χ4v) is 2.14. The van der Waals surface area contributed by atoms with Crippen molar-refractivity contribution in [2.75, 3.05) is 19.5 Å². The normalized spacial score (nSPS) is 10.6. The smallest absolute Gasteiger partial charge is 0.248 e. The van der Waals surface area contributed by atoms with Crippen LogP contribution < -0.4 is 14.8 Å². The van der Waals surface area contributed by atoms with Crippen LogP contribution in [0.5, 0.6) is 11.5 Å². The third-order valence-electron chi connectivity index (χ3n) is 3.33.